The molecule has 1 N–H and O–H groups in total. The zero-order valence-electron chi connectivity index (χ0n) is 13.8. The number of alkyl halides is 3. The van der Waals surface area contributed by atoms with E-state index in [0.29, 0.717) is 11.8 Å². The number of nitrogens with zero attached hydrogens (tertiary/aromatic N) is 2. The van der Waals surface area contributed by atoms with Crippen LogP contribution in [0.5, 0.6) is 0 Å². The highest BCUT2D eigenvalue weighted by molar-refractivity contribution is 5.57. The van der Waals surface area contributed by atoms with E-state index in [1.54, 1.807) is 12.1 Å². The fourth-order valence-electron chi connectivity index (χ4n) is 3.18. The lowest BCUT2D eigenvalue weighted by Crippen LogP contribution is -2.31. The second kappa shape index (κ2) is 7.36. The highest BCUT2D eigenvalue weighted by Gasteiger charge is 2.35. The molecule has 0 aliphatic carbocycles. The summed E-state index contributed by atoms with van der Waals surface area (Å²) in [6.45, 7) is 1.90. The summed E-state index contributed by atoms with van der Waals surface area (Å²) in [5.74, 6) is 0.676. The van der Waals surface area contributed by atoms with Crippen molar-refractivity contribution in [2.45, 2.75) is 25.1 Å². The number of rotatable bonds is 6. The van der Waals surface area contributed by atoms with Gasteiger partial charge in [0.1, 0.15) is 5.76 Å². The van der Waals surface area contributed by atoms with E-state index in [-0.39, 0.29) is 18.3 Å². The number of nitro benzene ring substituents is 1. The average Bonchev–Trinajstić information content (AvgIpc) is 3.28. The number of nitrogens with one attached hydrogen (secondary N) is 1. The van der Waals surface area contributed by atoms with Crippen LogP contribution in [0.2, 0.25) is 0 Å². The van der Waals surface area contributed by atoms with E-state index >= 15 is 0 Å². The third kappa shape index (κ3) is 3.98. The minimum Gasteiger partial charge on any atom is -0.468 e. The van der Waals surface area contributed by atoms with Gasteiger partial charge in [0.15, 0.2) is 0 Å². The monoisotopic (exact) mass is 369 g/mol. The van der Waals surface area contributed by atoms with Gasteiger partial charge < -0.3 is 9.73 Å². The summed E-state index contributed by atoms with van der Waals surface area (Å²) in [4.78, 5) is 12.1. The van der Waals surface area contributed by atoms with Gasteiger partial charge in [-0.15, -0.1) is 0 Å². The van der Waals surface area contributed by atoms with E-state index < -0.39 is 22.4 Å². The Balaban J connectivity index is 1.84. The lowest BCUT2D eigenvalue weighted by Gasteiger charge is -2.27. The number of nitro groups is 1. The Kier molecular flexibility index (Phi) is 5.17. The van der Waals surface area contributed by atoms with Gasteiger partial charge in [-0.25, -0.2) is 0 Å². The lowest BCUT2D eigenvalue weighted by molar-refractivity contribution is -0.385. The topological polar surface area (TPSA) is 71.5 Å². The van der Waals surface area contributed by atoms with Gasteiger partial charge in [0.25, 0.3) is 5.69 Å². The number of hydrogen-bond acceptors (Lipinski definition) is 5. The number of non-ortho nitro benzene ring substituents is 1. The number of anilines is 1. The zero-order valence-corrected chi connectivity index (χ0v) is 13.8. The maximum absolute atomic E-state index is 13.3. The van der Waals surface area contributed by atoms with Crippen molar-refractivity contribution in [3.8, 4) is 0 Å². The van der Waals surface area contributed by atoms with Crippen molar-refractivity contribution in [3.05, 3.63) is 58.0 Å². The average molecular weight is 369 g/mol. The SMILES string of the molecule is O=[N+]([O-])c1ccc(NC[C@H](c2ccco2)N2CCCC2)c(C(F)(F)F)c1. The molecule has 0 saturated carbocycles. The largest absolute Gasteiger partial charge is 0.468 e. The second-order valence-corrected chi connectivity index (χ2v) is 6.14. The van der Waals surface area contributed by atoms with E-state index in [2.05, 4.69) is 10.2 Å². The molecule has 1 aliphatic rings. The molecule has 0 radical (unpaired) electrons. The molecule has 26 heavy (non-hydrogen) atoms. The minimum atomic E-state index is -4.69. The van der Waals surface area contributed by atoms with Crippen molar-refractivity contribution in [2.75, 3.05) is 25.0 Å². The van der Waals surface area contributed by atoms with Crippen molar-refractivity contribution in [1.29, 1.82) is 0 Å². The van der Waals surface area contributed by atoms with Gasteiger partial charge in [-0.3, -0.25) is 15.0 Å². The molecule has 1 aromatic heterocycles. The predicted octanol–water partition coefficient (Wildman–Crippen LogP) is 4.46. The molecule has 1 fully saturated rings. The summed E-state index contributed by atoms with van der Waals surface area (Å²) in [5, 5.41) is 13.6. The summed E-state index contributed by atoms with van der Waals surface area (Å²) in [6.07, 6.45) is -1.10. The maximum Gasteiger partial charge on any atom is 0.418 e. The van der Waals surface area contributed by atoms with E-state index in [9.17, 15) is 23.3 Å². The molecule has 2 aromatic rings. The van der Waals surface area contributed by atoms with Crippen molar-refractivity contribution in [3.63, 3.8) is 0 Å². The molecule has 0 amide bonds. The Morgan fingerprint density at radius 2 is 2.00 bits per heavy atom. The van der Waals surface area contributed by atoms with Gasteiger partial charge in [0, 0.05) is 24.4 Å². The van der Waals surface area contributed by atoms with Crippen LogP contribution in [0.3, 0.4) is 0 Å². The van der Waals surface area contributed by atoms with E-state index in [4.69, 9.17) is 4.42 Å². The Morgan fingerprint density at radius 1 is 1.27 bits per heavy atom. The lowest BCUT2D eigenvalue weighted by atomic mass is 10.1. The number of benzene rings is 1. The first kappa shape index (κ1) is 18.2. The Hall–Kier alpha value is -2.55. The smallest absolute Gasteiger partial charge is 0.418 e. The van der Waals surface area contributed by atoms with Gasteiger partial charge in [-0.1, -0.05) is 0 Å². The molecular formula is C17H18F3N3O3. The fourth-order valence-corrected chi connectivity index (χ4v) is 3.18. The van der Waals surface area contributed by atoms with Crippen LogP contribution in [-0.2, 0) is 6.18 Å². The van der Waals surface area contributed by atoms with Crippen molar-refractivity contribution in [1.82, 2.24) is 4.90 Å². The van der Waals surface area contributed by atoms with Gasteiger partial charge in [0.05, 0.1) is 22.8 Å². The molecule has 6 nitrogen and oxygen atoms in total. The minimum absolute atomic E-state index is 0.182. The molecule has 2 heterocycles. The Morgan fingerprint density at radius 3 is 2.58 bits per heavy atom. The molecule has 3 rings (SSSR count). The first-order valence-corrected chi connectivity index (χ1v) is 8.23. The zero-order chi connectivity index (χ0) is 18.7. The number of hydrogen-bond donors (Lipinski definition) is 1. The Bertz CT molecular complexity index is 756. The van der Waals surface area contributed by atoms with Crippen molar-refractivity contribution < 1.29 is 22.5 Å². The molecule has 0 unspecified atom stereocenters. The van der Waals surface area contributed by atoms with Crippen LogP contribution in [0.1, 0.15) is 30.2 Å². The third-order valence-electron chi connectivity index (χ3n) is 4.46. The summed E-state index contributed by atoms with van der Waals surface area (Å²) < 4.78 is 45.3. The van der Waals surface area contributed by atoms with Gasteiger partial charge in [-0.2, -0.15) is 13.2 Å². The van der Waals surface area contributed by atoms with Crippen LogP contribution < -0.4 is 5.32 Å². The van der Waals surface area contributed by atoms with E-state index in [1.807, 2.05) is 0 Å². The Labute approximate surface area is 147 Å². The molecule has 9 heteroatoms. The molecular weight excluding hydrogens is 351 g/mol. The van der Waals surface area contributed by atoms with Crippen LogP contribution >= 0.6 is 0 Å². The summed E-state index contributed by atoms with van der Waals surface area (Å²) in [6, 6.07) is 6.06. The summed E-state index contributed by atoms with van der Waals surface area (Å²) in [7, 11) is 0. The molecule has 0 bridgehead atoms. The van der Waals surface area contributed by atoms with Crippen LogP contribution in [0.15, 0.2) is 41.0 Å². The van der Waals surface area contributed by atoms with Gasteiger partial charge in [0.2, 0.25) is 0 Å². The predicted molar refractivity (Wildman–Crippen MR) is 88.8 cm³/mol. The molecule has 0 spiro atoms. The van der Waals surface area contributed by atoms with Crippen LogP contribution in [-0.4, -0.2) is 29.5 Å². The summed E-state index contributed by atoms with van der Waals surface area (Å²) >= 11 is 0. The molecule has 140 valence electrons. The van der Waals surface area contributed by atoms with Crippen LogP contribution in [0.4, 0.5) is 24.5 Å². The van der Waals surface area contributed by atoms with Crippen LogP contribution in [0, 0.1) is 10.1 Å². The molecule has 1 atom stereocenters. The highest BCUT2D eigenvalue weighted by Crippen LogP contribution is 2.37. The quantitative estimate of drug-likeness (QED) is 0.601. The molecule has 1 aliphatic heterocycles. The molecule has 1 saturated heterocycles. The maximum atomic E-state index is 13.3. The van der Waals surface area contributed by atoms with E-state index in [0.717, 1.165) is 38.1 Å². The van der Waals surface area contributed by atoms with Crippen molar-refractivity contribution in [2.24, 2.45) is 0 Å². The van der Waals surface area contributed by atoms with Gasteiger partial charge >= 0.3 is 6.18 Å². The highest BCUT2D eigenvalue weighted by atomic mass is 19.4. The second-order valence-electron chi connectivity index (χ2n) is 6.14. The van der Waals surface area contributed by atoms with E-state index in [1.165, 1.54) is 6.26 Å². The first-order chi connectivity index (χ1) is 12.4. The summed E-state index contributed by atoms with van der Waals surface area (Å²) in [5.41, 5.74) is -1.82. The third-order valence-corrected chi connectivity index (χ3v) is 4.46. The van der Waals surface area contributed by atoms with Crippen molar-refractivity contribution >= 4 is 11.4 Å². The fraction of sp³-hybridized carbons (Fsp3) is 0.412. The number of furan rings is 1. The molecule has 1 aromatic carbocycles. The standard InChI is InChI=1S/C17H18F3N3O3/c18-17(19,20)13-10-12(23(24)25)5-6-14(13)21-11-15(16-4-3-9-26-16)22-7-1-2-8-22/h3-6,9-10,15,21H,1-2,7-8,11H2/t15-/m1/s1. The van der Waals surface area contributed by atoms with Crippen LogP contribution in [0.25, 0.3) is 0 Å². The number of likely N-dealkylation sites (tertiary alicyclic amines) is 1. The van der Waals surface area contributed by atoms with Gasteiger partial charge in [-0.05, 0) is 44.1 Å². The number of halogens is 3. The normalized spacial score (nSPS) is 16.6. The first-order valence-electron chi connectivity index (χ1n) is 8.23.